The Balaban J connectivity index is 0.000000448. The van der Waals surface area contributed by atoms with Gasteiger partial charge in [-0.05, 0) is 37.0 Å². The molecule has 0 saturated carbocycles. The summed E-state index contributed by atoms with van der Waals surface area (Å²) in [4.78, 5) is 18.5. The highest BCUT2D eigenvalue weighted by atomic mass is 35.5. The number of halogens is 4. The highest BCUT2D eigenvalue weighted by Gasteiger charge is 2.36. The first kappa shape index (κ1) is 28.8. The number of nitrogens with zero attached hydrogens (tertiary/aromatic N) is 7. The van der Waals surface area contributed by atoms with Crippen LogP contribution in [0.2, 0.25) is 5.02 Å². The summed E-state index contributed by atoms with van der Waals surface area (Å²) < 4.78 is 40.6. The quantitative estimate of drug-likeness (QED) is 0.460. The van der Waals surface area contributed by atoms with Gasteiger partial charge in [0.25, 0.3) is 0 Å². The summed E-state index contributed by atoms with van der Waals surface area (Å²) in [6, 6.07) is 8.93. The lowest BCUT2D eigenvalue weighted by Crippen LogP contribution is -2.57. The molecular weight excluding hydrogens is 539 g/mol. The van der Waals surface area contributed by atoms with Crippen LogP contribution in [0.25, 0.3) is 0 Å². The Morgan fingerprint density at radius 2 is 1.92 bits per heavy atom. The van der Waals surface area contributed by atoms with Crippen LogP contribution in [0.1, 0.15) is 25.3 Å². The number of aromatic amines is 1. The Morgan fingerprint density at radius 1 is 1.23 bits per heavy atom. The molecule has 2 unspecified atom stereocenters. The molecule has 2 aliphatic rings. The number of hydrogen-bond donors (Lipinski definition) is 2. The van der Waals surface area contributed by atoms with E-state index >= 15 is 0 Å². The van der Waals surface area contributed by atoms with Gasteiger partial charge in [-0.3, -0.25) is 9.69 Å². The minimum atomic E-state index is -4.64. The molecule has 2 aliphatic heterocycles. The number of carbonyl (C=O) groups is 1. The highest BCUT2D eigenvalue weighted by Crippen LogP contribution is 2.27. The molecule has 3 aromatic rings. The zero-order valence-electron chi connectivity index (χ0n) is 21.4. The predicted molar refractivity (Wildman–Crippen MR) is 138 cm³/mol. The summed E-state index contributed by atoms with van der Waals surface area (Å²) in [5, 5.41) is 15.7. The van der Waals surface area contributed by atoms with E-state index in [0.29, 0.717) is 44.1 Å². The van der Waals surface area contributed by atoms with Crippen LogP contribution in [-0.4, -0.2) is 91.5 Å². The smallest absolute Gasteiger partial charge is 0.373 e. The van der Waals surface area contributed by atoms with Crippen LogP contribution >= 0.6 is 11.6 Å². The number of anilines is 2. The number of nitrogens with two attached hydrogens (primary N) is 1. The van der Waals surface area contributed by atoms with Crippen LogP contribution in [0.15, 0.2) is 36.7 Å². The standard InChI is InChI=1S/C21H28ClN9O.C3H3F3O/c22-16-3-1-15(2-4-16)11-18-14-32-19(12-30-10-7-24-28-30)13-31(18)17-5-8-29(9-6-17)21-25-20(23)26-27-21;1-2(7)3(4,5)6/h1-4,7,10,17-19H,5-6,8-9,11-14H2,(H3,23,25,26,27);1H3. The van der Waals surface area contributed by atoms with Crippen molar-refractivity contribution in [1.82, 2.24) is 35.1 Å². The highest BCUT2D eigenvalue weighted by molar-refractivity contribution is 6.30. The summed E-state index contributed by atoms with van der Waals surface area (Å²) in [6.07, 6.45) is 2.06. The number of benzene rings is 1. The Bertz CT molecular complexity index is 1180. The maximum atomic E-state index is 10.8. The number of nitrogen functional groups attached to an aromatic ring is 1. The molecule has 2 aromatic heterocycles. The van der Waals surface area contributed by atoms with Crippen LogP contribution < -0.4 is 10.6 Å². The number of nitrogens with one attached hydrogen (secondary N) is 1. The molecular formula is C24H31ClF3N9O2. The maximum absolute atomic E-state index is 10.8. The molecule has 212 valence electrons. The minimum Gasteiger partial charge on any atom is -0.373 e. The van der Waals surface area contributed by atoms with Crippen molar-refractivity contribution in [2.75, 3.05) is 36.9 Å². The average molecular weight is 570 g/mol. The molecule has 2 fully saturated rings. The summed E-state index contributed by atoms with van der Waals surface area (Å²) in [5.41, 5.74) is 6.98. The molecule has 0 bridgehead atoms. The Hall–Kier alpha value is -3.23. The zero-order chi connectivity index (χ0) is 28.0. The fraction of sp³-hybridized carbons (Fsp3) is 0.542. The molecule has 1 aromatic carbocycles. The molecule has 39 heavy (non-hydrogen) atoms. The molecule has 0 spiro atoms. The summed E-state index contributed by atoms with van der Waals surface area (Å²) in [5.74, 6) is -0.716. The number of piperidine rings is 1. The molecule has 3 N–H and O–H groups in total. The SMILES string of the molecule is CC(=O)C(F)(F)F.Nc1nc(N2CCC(N3CC(Cn4ccnn4)OCC3Cc3ccc(Cl)cc3)CC2)n[nH]1. The van der Waals surface area contributed by atoms with E-state index in [1.165, 1.54) is 5.56 Å². The fourth-order valence-electron chi connectivity index (χ4n) is 4.75. The lowest BCUT2D eigenvalue weighted by Gasteiger charge is -2.46. The molecule has 5 rings (SSSR count). The van der Waals surface area contributed by atoms with E-state index in [9.17, 15) is 18.0 Å². The second kappa shape index (κ2) is 12.7. The van der Waals surface area contributed by atoms with Gasteiger partial charge in [0.2, 0.25) is 17.7 Å². The predicted octanol–water partition coefficient (Wildman–Crippen LogP) is 2.75. The second-order valence-corrected chi connectivity index (χ2v) is 9.99. The van der Waals surface area contributed by atoms with Gasteiger partial charge < -0.3 is 15.4 Å². The van der Waals surface area contributed by atoms with Gasteiger partial charge in [0, 0.05) is 49.9 Å². The lowest BCUT2D eigenvalue weighted by molar-refractivity contribution is -0.168. The number of alkyl halides is 3. The molecule has 4 heterocycles. The van der Waals surface area contributed by atoms with Gasteiger partial charge in [0.1, 0.15) is 0 Å². The first-order chi connectivity index (χ1) is 18.6. The maximum Gasteiger partial charge on any atom is 0.449 e. The topological polar surface area (TPSA) is 131 Å². The van der Waals surface area contributed by atoms with Crippen LogP contribution in [-0.2, 0) is 22.5 Å². The van der Waals surface area contributed by atoms with Gasteiger partial charge in [0.05, 0.1) is 25.5 Å². The minimum absolute atomic E-state index is 0.0870. The first-order valence-electron chi connectivity index (χ1n) is 12.5. The number of rotatable bonds is 6. The van der Waals surface area contributed by atoms with Gasteiger partial charge in [-0.1, -0.05) is 28.9 Å². The molecule has 0 aliphatic carbocycles. The Kier molecular flexibility index (Phi) is 9.40. The summed E-state index contributed by atoms with van der Waals surface area (Å²) in [7, 11) is 0. The van der Waals surface area contributed by atoms with Crippen LogP contribution in [0.5, 0.6) is 0 Å². The van der Waals surface area contributed by atoms with Crippen molar-refractivity contribution in [2.24, 2.45) is 0 Å². The number of ether oxygens (including phenoxy) is 1. The normalized spacial score (nSPS) is 20.9. The molecule has 2 atom stereocenters. The zero-order valence-corrected chi connectivity index (χ0v) is 22.1. The number of aromatic nitrogens is 6. The number of hydrogen-bond acceptors (Lipinski definition) is 9. The molecule has 0 amide bonds. The third-order valence-electron chi connectivity index (χ3n) is 6.76. The second-order valence-electron chi connectivity index (χ2n) is 9.55. The molecule has 11 nitrogen and oxygen atoms in total. The lowest BCUT2D eigenvalue weighted by atomic mass is 9.96. The van der Waals surface area contributed by atoms with E-state index in [0.717, 1.165) is 43.9 Å². The van der Waals surface area contributed by atoms with Gasteiger partial charge >= 0.3 is 6.18 Å². The van der Waals surface area contributed by atoms with Crippen molar-refractivity contribution in [3.8, 4) is 0 Å². The van der Waals surface area contributed by atoms with Gasteiger partial charge in [-0.2, -0.15) is 18.2 Å². The monoisotopic (exact) mass is 569 g/mol. The number of Topliss-reactive ketones (excluding diaryl/α,β-unsaturated/α-hetero) is 1. The van der Waals surface area contributed by atoms with Crippen LogP contribution in [0, 0.1) is 0 Å². The van der Waals surface area contributed by atoms with Crippen molar-refractivity contribution in [3.05, 3.63) is 47.2 Å². The third kappa shape index (κ3) is 8.13. The van der Waals surface area contributed by atoms with E-state index in [2.05, 4.69) is 47.4 Å². The fourth-order valence-corrected chi connectivity index (χ4v) is 4.87. The van der Waals surface area contributed by atoms with Crippen molar-refractivity contribution in [2.45, 2.75) is 57.1 Å². The summed E-state index contributed by atoms with van der Waals surface area (Å²) in [6.45, 7) is 4.57. The molecule has 0 radical (unpaired) electrons. The van der Waals surface area contributed by atoms with Crippen molar-refractivity contribution in [3.63, 3.8) is 0 Å². The number of carbonyl (C=O) groups excluding carboxylic acids is 1. The van der Waals surface area contributed by atoms with Crippen LogP contribution in [0.3, 0.4) is 0 Å². The van der Waals surface area contributed by atoms with Gasteiger partial charge in [-0.25, -0.2) is 9.78 Å². The van der Waals surface area contributed by atoms with Gasteiger partial charge in [0.15, 0.2) is 0 Å². The summed E-state index contributed by atoms with van der Waals surface area (Å²) >= 11 is 6.08. The largest absolute Gasteiger partial charge is 0.449 e. The first-order valence-corrected chi connectivity index (χ1v) is 12.9. The molecule has 2 saturated heterocycles. The van der Waals surface area contributed by atoms with E-state index in [1.807, 2.05) is 23.0 Å². The Labute approximate surface area is 228 Å². The van der Waals surface area contributed by atoms with Crippen molar-refractivity contribution >= 4 is 29.3 Å². The average Bonchev–Trinajstić information content (AvgIpc) is 3.58. The number of ketones is 1. The third-order valence-corrected chi connectivity index (χ3v) is 7.01. The number of H-pyrrole nitrogens is 1. The van der Waals surface area contributed by atoms with Crippen molar-refractivity contribution in [1.29, 1.82) is 0 Å². The van der Waals surface area contributed by atoms with E-state index in [1.54, 1.807) is 6.20 Å². The Morgan fingerprint density at radius 3 is 2.49 bits per heavy atom. The van der Waals surface area contributed by atoms with E-state index in [-0.39, 0.29) is 6.10 Å². The van der Waals surface area contributed by atoms with Crippen LogP contribution in [0.4, 0.5) is 25.1 Å². The number of morpholine rings is 1. The van der Waals surface area contributed by atoms with Crippen molar-refractivity contribution < 1.29 is 22.7 Å². The van der Waals surface area contributed by atoms with E-state index in [4.69, 9.17) is 22.1 Å². The molecule has 15 heteroatoms. The van der Waals surface area contributed by atoms with E-state index < -0.39 is 12.0 Å². The van der Waals surface area contributed by atoms with Gasteiger partial charge in [-0.15, -0.1) is 10.2 Å².